The van der Waals surface area contributed by atoms with E-state index in [2.05, 4.69) is 15.0 Å². The molecule has 2 heterocycles. The van der Waals surface area contributed by atoms with E-state index in [1.54, 1.807) is 18.2 Å². The van der Waals surface area contributed by atoms with Crippen LogP contribution in [0.3, 0.4) is 0 Å². The van der Waals surface area contributed by atoms with Gasteiger partial charge in [0.05, 0.1) is 30.6 Å². The van der Waals surface area contributed by atoms with Crippen LogP contribution in [0.1, 0.15) is 34.1 Å². The molecule has 0 radical (unpaired) electrons. The number of anilines is 1. The van der Waals surface area contributed by atoms with E-state index in [0.29, 0.717) is 17.6 Å². The van der Waals surface area contributed by atoms with Crippen LogP contribution < -0.4 is 25.0 Å². The van der Waals surface area contributed by atoms with Crippen LogP contribution in [0.2, 0.25) is 0 Å². The fourth-order valence-electron chi connectivity index (χ4n) is 3.22. The molecule has 1 aromatic heterocycles. The molecular weight excluding hydrogens is 477 g/mol. The van der Waals surface area contributed by atoms with Crippen LogP contribution in [0, 0.1) is 0 Å². The number of rotatable bonds is 10. The number of carboxylic acid groups (broad SMARTS) is 1. The third-order valence-corrected chi connectivity index (χ3v) is 7.18. The molecule has 1 aliphatic heterocycles. The van der Waals surface area contributed by atoms with E-state index in [4.69, 9.17) is 23.9 Å². The lowest BCUT2D eigenvalue weighted by Crippen LogP contribution is -2.41. The maximum atomic E-state index is 13.3. The molecule has 1 amide bonds. The lowest BCUT2D eigenvalue weighted by atomic mass is 9.80. The van der Waals surface area contributed by atoms with Gasteiger partial charge in [-0.25, -0.2) is 18.2 Å². The van der Waals surface area contributed by atoms with Crippen LogP contribution in [0.4, 0.5) is 10.5 Å². The summed E-state index contributed by atoms with van der Waals surface area (Å²) in [5, 5.41) is 10.8. The molecular formula is C22H30BN3O8S. The maximum Gasteiger partial charge on any atom is 0.496 e. The van der Waals surface area contributed by atoms with Crippen molar-refractivity contribution in [1.82, 2.24) is 10.3 Å². The summed E-state index contributed by atoms with van der Waals surface area (Å²) in [6.07, 6.45) is 0.818. The third-order valence-electron chi connectivity index (χ3n) is 5.80. The lowest BCUT2D eigenvalue weighted by Gasteiger charge is -2.32. The van der Waals surface area contributed by atoms with Gasteiger partial charge in [0.15, 0.2) is 0 Å². The Kier molecular flexibility index (Phi) is 7.82. The third kappa shape index (κ3) is 6.35. The Morgan fingerprint density at radius 3 is 2.49 bits per heavy atom. The molecule has 0 aliphatic carbocycles. The Bertz CT molecular complexity index is 1160. The average Bonchev–Trinajstić information content (AvgIpc) is 2.99. The van der Waals surface area contributed by atoms with Crippen LogP contribution in [0.15, 0.2) is 41.4 Å². The zero-order valence-electron chi connectivity index (χ0n) is 20.3. The number of pyridine rings is 1. The molecule has 0 unspecified atom stereocenters. The zero-order chi connectivity index (χ0) is 25.9. The molecule has 35 heavy (non-hydrogen) atoms. The number of ether oxygens (including phenoxy) is 2. The summed E-state index contributed by atoms with van der Waals surface area (Å²) in [7, 11) is -3.56. The molecule has 3 rings (SSSR count). The highest BCUT2D eigenvalue weighted by Gasteiger charge is 2.52. The van der Waals surface area contributed by atoms with Gasteiger partial charge in [-0.05, 0) is 52.3 Å². The summed E-state index contributed by atoms with van der Waals surface area (Å²) in [5.41, 5.74) is -0.482. The van der Waals surface area contributed by atoms with Crippen molar-refractivity contribution >= 4 is 34.4 Å². The number of amides is 1. The largest absolute Gasteiger partial charge is 0.496 e. The van der Waals surface area contributed by atoms with Gasteiger partial charge in [-0.3, -0.25) is 4.72 Å². The summed E-state index contributed by atoms with van der Waals surface area (Å²) < 4.78 is 51.9. The Morgan fingerprint density at radius 1 is 1.17 bits per heavy atom. The number of benzene rings is 1. The Labute approximate surface area is 205 Å². The van der Waals surface area contributed by atoms with Gasteiger partial charge in [-0.1, -0.05) is 6.07 Å². The second kappa shape index (κ2) is 10.3. The van der Waals surface area contributed by atoms with Gasteiger partial charge in [0, 0.05) is 24.3 Å². The first-order chi connectivity index (χ1) is 16.3. The molecule has 0 atom stereocenters. The van der Waals surface area contributed by atoms with E-state index in [-0.39, 0.29) is 29.6 Å². The van der Waals surface area contributed by atoms with Gasteiger partial charge in [-0.15, -0.1) is 0 Å². The average molecular weight is 507 g/mol. The number of nitrogens with one attached hydrogen (secondary N) is 2. The summed E-state index contributed by atoms with van der Waals surface area (Å²) >= 11 is 0. The Hall–Kier alpha value is -3.03. The monoisotopic (exact) mass is 507 g/mol. The van der Waals surface area contributed by atoms with E-state index in [1.807, 2.05) is 27.7 Å². The van der Waals surface area contributed by atoms with Crippen molar-refractivity contribution in [2.75, 3.05) is 25.0 Å². The van der Waals surface area contributed by atoms with E-state index >= 15 is 0 Å². The molecule has 1 aromatic carbocycles. The van der Waals surface area contributed by atoms with Gasteiger partial charge in [0.25, 0.3) is 10.0 Å². The molecule has 3 N–H and O–H groups in total. The van der Waals surface area contributed by atoms with Crippen molar-refractivity contribution in [2.24, 2.45) is 0 Å². The van der Waals surface area contributed by atoms with Crippen LogP contribution in [-0.4, -0.2) is 63.2 Å². The number of hydrogen-bond acceptors (Lipinski definition) is 8. The smallest absolute Gasteiger partial charge is 0.493 e. The van der Waals surface area contributed by atoms with Crippen LogP contribution in [-0.2, 0) is 19.3 Å². The minimum absolute atomic E-state index is 0.0731. The highest BCUT2D eigenvalue weighted by Crippen LogP contribution is 2.37. The topological polar surface area (TPSA) is 145 Å². The van der Waals surface area contributed by atoms with Crippen molar-refractivity contribution < 1.29 is 37.1 Å². The molecule has 0 saturated carbocycles. The number of aromatic nitrogens is 1. The second-order valence-electron chi connectivity index (χ2n) is 8.93. The Morgan fingerprint density at radius 2 is 1.86 bits per heavy atom. The van der Waals surface area contributed by atoms with Crippen molar-refractivity contribution in [3.05, 3.63) is 36.5 Å². The van der Waals surface area contributed by atoms with Gasteiger partial charge in [0.1, 0.15) is 10.6 Å². The minimum Gasteiger partial charge on any atom is -0.493 e. The van der Waals surface area contributed by atoms with Gasteiger partial charge < -0.3 is 29.2 Å². The first-order valence-corrected chi connectivity index (χ1v) is 12.4. The standard InChI is InChI=1S/C22H30BN3O8S/c1-21(2)22(3,4)34-23(33-21)15-12-18(19(31-5)25-14-15)35(29,30)26-16-8-6-9-17(13-16)32-11-7-10-24-20(27)28/h6,8-9,12-14,24,26H,7,10-11H2,1-5H3,(H,27,28). The van der Waals surface area contributed by atoms with E-state index in [0.717, 1.165) is 0 Å². The molecule has 1 aliphatic rings. The van der Waals surface area contributed by atoms with Crippen molar-refractivity contribution in [3.63, 3.8) is 0 Å². The number of carbonyl (C=O) groups is 1. The fraction of sp³-hybridized carbons (Fsp3) is 0.455. The van der Waals surface area contributed by atoms with Crippen LogP contribution in [0.25, 0.3) is 0 Å². The predicted octanol–water partition coefficient (Wildman–Crippen LogP) is 2.23. The first-order valence-electron chi connectivity index (χ1n) is 11.0. The molecule has 11 nitrogen and oxygen atoms in total. The van der Waals surface area contributed by atoms with Crippen molar-refractivity contribution in [3.8, 4) is 11.6 Å². The normalized spacial score (nSPS) is 16.5. The summed E-state index contributed by atoms with van der Waals surface area (Å²) in [5.74, 6) is 0.354. The molecule has 1 saturated heterocycles. The summed E-state index contributed by atoms with van der Waals surface area (Å²) in [6.45, 7) is 8.11. The SMILES string of the molecule is COc1ncc(B2OC(C)(C)C(C)(C)O2)cc1S(=O)(=O)Nc1cccc(OCCCNC(=O)O)c1. The summed E-state index contributed by atoms with van der Waals surface area (Å²) in [6, 6.07) is 7.84. The van der Waals surface area contributed by atoms with E-state index in [1.165, 1.54) is 25.4 Å². The van der Waals surface area contributed by atoms with Crippen LogP contribution >= 0.6 is 0 Å². The molecule has 0 bridgehead atoms. The molecule has 190 valence electrons. The number of nitrogens with zero attached hydrogens (tertiary/aromatic N) is 1. The molecule has 2 aromatic rings. The van der Waals surface area contributed by atoms with E-state index in [9.17, 15) is 13.2 Å². The molecule has 0 spiro atoms. The van der Waals surface area contributed by atoms with Crippen molar-refractivity contribution in [2.45, 2.75) is 50.2 Å². The number of methoxy groups -OCH3 is 1. The predicted molar refractivity (Wildman–Crippen MR) is 130 cm³/mol. The first kappa shape index (κ1) is 26.6. The Balaban J connectivity index is 1.77. The minimum atomic E-state index is -4.10. The van der Waals surface area contributed by atoms with E-state index < -0.39 is 34.4 Å². The molecule has 1 fully saturated rings. The highest BCUT2D eigenvalue weighted by molar-refractivity contribution is 7.92. The summed E-state index contributed by atoms with van der Waals surface area (Å²) in [4.78, 5) is 14.5. The maximum absolute atomic E-state index is 13.3. The number of hydrogen-bond donors (Lipinski definition) is 3. The van der Waals surface area contributed by atoms with Crippen LogP contribution in [0.5, 0.6) is 11.6 Å². The van der Waals surface area contributed by atoms with Crippen molar-refractivity contribution in [1.29, 1.82) is 0 Å². The van der Waals surface area contributed by atoms with Gasteiger partial charge in [-0.2, -0.15) is 0 Å². The second-order valence-corrected chi connectivity index (χ2v) is 10.6. The molecule has 13 heteroatoms. The quantitative estimate of drug-likeness (QED) is 0.326. The zero-order valence-corrected chi connectivity index (χ0v) is 21.1. The highest BCUT2D eigenvalue weighted by atomic mass is 32.2. The number of sulfonamides is 1. The van der Waals surface area contributed by atoms with Gasteiger partial charge in [0.2, 0.25) is 5.88 Å². The van der Waals surface area contributed by atoms with Gasteiger partial charge >= 0.3 is 13.2 Å². The fourth-order valence-corrected chi connectivity index (χ4v) is 4.42. The lowest BCUT2D eigenvalue weighted by molar-refractivity contribution is 0.00578.